The van der Waals surface area contributed by atoms with E-state index in [0.29, 0.717) is 23.3 Å². The van der Waals surface area contributed by atoms with Crippen molar-refractivity contribution in [2.45, 2.75) is 38.1 Å². The average molecular weight is 353 g/mol. The van der Waals surface area contributed by atoms with Crippen LogP contribution in [0, 0.1) is 5.82 Å². The van der Waals surface area contributed by atoms with E-state index in [4.69, 9.17) is 17.4 Å². The third-order valence-electron chi connectivity index (χ3n) is 4.85. The molecule has 6 nitrogen and oxygen atoms in total. The Bertz CT molecular complexity index is 942. The fraction of sp³-hybridized carbons (Fsp3) is 0.500. The highest BCUT2D eigenvalue weighted by Gasteiger charge is 2.31. The highest BCUT2D eigenvalue weighted by Crippen LogP contribution is 2.41. The normalized spacial score (nSPS) is 18.3. The zero-order valence-electron chi connectivity index (χ0n) is 13.1. The number of halogens is 2. The van der Waals surface area contributed by atoms with Crippen molar-refractivity contribution in [3.63, 3.8) is 0 Å². The van der Waals surface area contributed by atoms with Crippen molar-refractivity contribution in [2.75, 3.05) is 23.8 Å². The molecular weight excluding hydrogens is 335 g/mol. The Hall–Kier alpha value is -2.02. The molecule has 1 saturated carbocycles. The Labute approximate surface area is 142 Å². The number of hydrogen-bond donors (Lipinski definition) is 1. The van der Waals surface area contributed by atoms with Crippen LogP contribution in [-0.2, 0) is 0 Å². The summed E-state index contributed by atoms with van der Waals surface area (Å²) in [5.74, 6) is 5.04. The molecule has 0 unspecified atom stereocenters. The van der Waals surface area contributed by atoms with Crippen LogP contribution in [0.15, 0.2) is 15.7 Å². The van der Waals surface area contributed by atoms with E-state index in [1.807, 2.05) is 4.90 Å². The first kappa shape index (κ1) is 15.5. The predicted molar refractivity (Wildman–Crippen MR) is 91.9 cm³/mol. The minimum atomic E-state index is -0.724. The van der Waals surface area contributed by atoms with Gasteiger partial charge in [0.2, 0.25) is 0 Å². The maximum absolute atomic E-state index is 14.7. The number of anilines is 1. The highest BCUT2D eigenvalue weighted by molar-refractivity contribution is 6.37. The van der Waals surface area contributed by atoms with Crippen molar-refractivity contribution in [3.8, 4) is 0 Å². The second kappa shape index (κ2) is 5.51. The molecule has 4 rings (SSSR count). The summed E-state index contributed by atoms with van der Waals surface area (Å²) in [6, 6.07) is 1.13. The first-order valence-corrected chi connectivity index (χ1v) is 8.57. The van der Waals surface area contributed by atoms with E-state index in [0.717, 1.165) is 38.2 Å². The second-order valence-corrected chi connectivity index (χ2v) is 6.90. The number of nitrogens with two attached hydrogens (primary N) is 1. The van der Waals surface area contributed by atoms with Gasteiger partial charge in [0.25, 0.3) is 5.56 Å². The molecule has 0 spiro atoms. The molecule has 128 valence electrons. The molecule has 1 aromatic heterocycles. The molecule has 0 atom stereocenters. The molecular formula is C16H18ClFN4O2. The molecule has 1 aromatic carbocycles. The lowest BCUT2D eigenvalue weighted by molar-refractivity contribution is 0.557. The van der Waals surface area contributed by atoms with Crippen LogP contribution in [0.5, 0.6) is 0 Å². The topological polar surface area (TPSA) is 73.3 Å². The summed E-state index contributed by atoms with van der Waals surface area (Å²) in [6.07, 6.45) is 4.68. The summed E-state index contributed by atoms with van der Waals surface area (Å²) < 4.78 is 16.7. The van der Waals surface area contributed by atoms with Gasteiger partial charge >= 0.3 is 5.69 Å². The monoisotopic (exact) mass is 352 g/mol. The number of benzene rings is 1. The Kier molecular flexibility index (Phi) is 3.56. The van der Waals surface area contributed by atoms with E-state index < -0.39 is 17.1 Å². The maximum atomic E-state index is 14.7. The van der Waals surface area contributed by atoms with Gasteiger partial charge in [-0.3, -0.25) is 9.36 Å². The number of nitrogens with zero attached hydrogens (tertiary/aromatic N) is 3. The number of rotatable bonds is 2. The first-order chi connectivity index (χ1) is 11.5. The maximum Gasteiger partial charge on any atom is 0.350 e. The van der Waals surface area contributed by atoms with Crippen molar-refractivity contribution >= 4 is 28.2 Å². The van der Waals surface area contributed by atoms with Gasteiger partial charge < -0.3 is 10.7 Å². The summed E-state index contributed by atoms with van der Waals surface area (Å²) in [7, 11) is 0. The van der Waals surface area contributed by atoms with Crippen LogP contribution in [-0.4, -0.2) is 22.3 Å². The number of aromatic nitrogens is 2. The van der Waals surface area contributed by atoms with Crippen LogP contribution >= 0.6 is 11.6 Å². The highest BCUT2D eigenvalue weighted by atomic mass is 35.5. The number of nitrogen functional groups attached to an aromatic ring is 1. The van der Waals surface area contributed by atoms with Crippen molar-refractivity contribution in [1.82, 2.24) is 9.24 Å². The van der Waals surface area contributed by atoms with Crippen LogP contribution in [0.4, 0.5) is 10.1 Å². The Morgan fingerprint density at radius 2 is 1.83 bits per heavy atom. The Morgan fingerprint density at radius 1 is 1.17 bits per heavy atom. The van der Waals surface area contributed by atoms with E-state index in [2.05, 4.69) is 0 Å². The smallest absolute Gasteiger partial charge is 0.350 e. The summed E-state index contributed by atoms with van der Waals surface area (Å²) in [5.41, 5.74) is -0.740. The third kappa shape index (κ3) is 2.22. The zero-order valence-corrected chi connectivity index (χ0v) is 13.9. The van der Waals surface area contributed by atoms with Crippen LogP contribution in [0.3, 0.4) is 0 Å². The minimum Gasteiger partial charge on any atom is -0.368 e. The molecule has 0 bridgehead atoms. The fourth-order valence-electron chi connectivity index (χ4n) is 3.50. The van der Waals surface area contributed by atoms with Gasteiger partial charge in [-0.15, -0.1) is 0 Å². The zero-order chi connectivity index (χ0) is 17.0. The molecule has 1 saturated heterocycles. The molecule has 24 heavy (non-hydrogen) atoms. The first-order valence-electron chi connectivity index (χ1n) is 8.20. The molecule has 2 fully saturated rings. The Morgan fingerprint density at radius 3 is 2.46 bits per heavy atom. The third-order valence-corrected chi connectivity index (χ3v) is 5.21. The number of piperidine rings is 1. The molecule has 2 aromatic rings. The summed E-state index contributed by atoms with van der Waals surface area (Å²) in [5, 5.41) is 0.181. The van der Waals surface area contributed by atoms with Gasteiger partial charge in [-0.1, -0.05) is 11.6 Å². The van der Waals surface area contributed by atoms with Crippen molar-refractivity contribution in [1.29, 1.82) is 0 Å². The van der Waals surface area contributed by atoms with Crippen LogP contribution in [0.25, 0.3) is 10.9 Å². The molecule has 0 radical (unpaired) electrons. The number of fused-ring (bicyclic) bond motifs is 1. The lowest BCUT2D eigenvalue weighted by atomic mass is 10.1. The summed E-state index contributed by atoms with van der Waals surface area (Å²) in [4.78, 5) is 26.7. The molecule has 2 N–H and O–H groups in total. The van der Waals surface area contributed by atoms with Gasteiger partial charge in [0, 0.05) is 19.1 Å². The SMILES string of the molecule is Nn1c(=O)c2cc(F)c(N3CCCCC3)c(Cl)c2n(C2CC2)c1=O. The van der Waals surface area contributed by atoms with Crippen LogP contribution < -0.4 is 22.0 Å². The standard InChI is InChI=1S/C16H18ClFN4O2/c17-12-13-10(8-11(18)14(12)20-6-2-1-3-7-20)15(23)22(19)16(24)21(13)9-4-5-9/h8-9H,1-7,19H2. The molecule has 1 aliphatic carbocycles. The lowest BCUT2D eigenvalue weighted by Gasteiger charge is -2.30. The largest absolute Gasteiger partial charge is 0.368 e. The van der Waals surface area contributed by atoms with E-state index in [9.17, 15) is 14.0 Å². The van der Waals surface area contributed by atoms with E-state index in [-0.39, 0.29) is 22.1 Å². The second-order valence-electron chi connectivity index (χ2n) is 6.52. The van der Waals surface area contributed by atoms with Crippen LogP contribution in [0.1, 0.15) is 38.1 Å². The van der Waals surface area contributed by atoms with Gasteiger partial charge in [-0.05, 0) is 38.2 Å². The van der Waals surface area contributed by atoms with Gasteiger partial charge in [0.1, 0.15) is 5.82 Å². The van der Waals surface area contributed by atoms with Crippen molar-refractivity contribution < 1.29 is 4.39 Å². The van der Waals surface area contributed by atoms with Crippen molar-refractivity contribution in [2.24, 2.45) is 0 Å². The van der Waals surface area contributed by atoms with Crippen molar-refractivity contribution in [3.05, 3.63) is 37.7 Å². The average Bonchev–Trinajstić information content (AvgIpc) is 3.40. The van der Waals surface area contributed by atoms with Gasteiger partial charge in [-0.25, -0.2) is 9.18 Å². The minimum absolute atomic E-state index is 0.0347. The number of hydrogen-bond acceptors (Lipinski definition) is 4. The molecule has 2 aliphatic rings. The Balaban J connectivity index is 2.07. The van der Waals surface area contributed by atoms with Gasteiger partial charge in [-0.2, -0.15) is 4.68 Å². The quantitative estimate of drug-likeness (QED) is 0.839. The van der Waals surface area contributed by atoms with E-state index in [1.54, 1.807) is 0 Å². The lowest BCUT2D eigenvalue weighted by Crippen LogP contribution is -2.44. The fourth-order valence-corrected chi connectivity index (χ4v) is 3.91. The van der Waals surface area contributed by atoms with Gasteiger partial charge in [0.15, 0.2) is 0 Å². The molecule has 2 heterocycles. The van der Waals surface area contributed by atoms with Crippen LogP contribution in [0.2, 0.25) is 5.02 Å². The van der Waals surface area contributed by atoms with Gasteiger partial charge in [0.05, 0.1) is 21.6 Å². The summed E-state index contributed by atoms with van der Waals surface area (Å²) >= 11 is 6.52. The summed E-state index contributed by atoms with van der Waals surface area (Å²) in [6.45, 7) is 1.42. The van der Waals surface area contributed by atoms with E-state index >= 15 is 0 Å². The molecule has 1 aliphatic heterocycles. The predicted octanol–water partition coefficient (Wildman–Crippen LogP) is 1.99. The molecule has 0 amide bonds. The van der Waals surface area contributed by atoms with E-state index in [1.165, 1.54) is 4.57 Å². The molecule has 8 heteroatoms.